The lowest BCUT2D eigenvalue weighted by atomic mass is 10.3. The van der Waals surface area contributed by atoms with E-state index in [0.29, 0.717) is 0 Å². The zero-order valence-corrected chi connectivity index (χ0v) is 13.1. The molecule has 0 amide bonds. The maximum Gasteiger partial charge on any atom is 0.164 e. The minimum atomic E-state index is -1.57. The Balaban J connectivity index is 1.96. The molecule has 1 aliphatic rings. The lowest BCUT2D eigenvalue weighted by Gasteiger charge is -2.40. The molecule has 0 radical (unpaired) electrons. The maximum absolute atomic E-state index is 5.38. The SMILES string of the molecule is SS(S)(c1nc2ccccc2s1)N1CCOCC1. The Morgan fingerprint density at radius 2 is 1.94 bits per heavy atom. The number of nitrogens with zero attached hydrogens (tertiary/aromatic N) is 2. The topological polar surface area (TPSA) is 25.4 Å². The minimum Gasteiger partial charge on any atom is -0.379 e. The van der Waals surface area contributed by atoms with Gasteiger partial charge in [0.15, 0.2) is 4.34 Å². The van der Waals surface area contributed by atoms with Gasteiger partial charge in [-0.05, 0) is 20.4 Å². The van der Waals surface area contributed by atoms with Gasteiger partial charge in [0.2, 0.25) is 0 Å². The molecule has 3 nitrogen and oxygen atoms in total. The summed E-state index contributed by atoms with van der Waals surface area (Å²) >= 11 is 11.3. The molecule has 0 aliphatic carbocycles. The first kappa shape index (κ1) is 13.1. The summed E-state index contributed by atoms with van der Waals surface area (Å²) in [6.07, 6.45) is 0. The fourth-order valence-corrected chi connectivity index (χ4v) is 6.61. The number of hydrogen-bond acceptors (Lipinski definition) is 6. The third-order valence-corrected chi connectivity index (χ3v) is 9.45. The van der Waals surface area contributed by atoms with Crippen molar-refractivity contribution in [3.8, 4) is 0 Å². The quantitative estimate of drug-likeness (QED) is 0.656. The van der Waals surface area contributed by atoms with E-state index in [4.69, 9.17) is 28.1 Å². The van der Waals surface area contributed by atoms with Gasteiger partial charge >= 0.3 is 0 Å². The third-order valence-electron chi connectivity index (χ3n) is 2.84. The first-order chi connectivity index (χ1) is 8.68. The smallest absolute Gasteiger partial charge is 0.164 e. The van der Waals surface area contributed by atoms with Crippen molar-refractivity contribution in [1.29, 1.82) is 0 Å². The Morgan fingerprint density at radius 1 is 1.22 bits per heavy atom. The number of thiol groups is 2. The van der Waals surface area contributed by atoms with Crippen molar-refractivity contribution in [3.05, 3.63) is 24.3 Å². The highest BCUT2D eigenvalue weighted by molar-refractivity contribution is 9.17. The second-order valence-corrected chi connectivity index (χ2v) is 11.3. The van der Waals surface area contributed by atoms with Crippen LogP contribution in [0.5, 0.6) is 0 Å². The van der Waals surface area contributed by atoms with Crippen LogP contribution in [-0.2, 0) is 4.74 Å². The fraction of sp³-hybridized carbons (Fsp3) is 0.364. The van der Waals surface area contributed by atoms with Crippen molar-refractivity contribution in [2.45, 2.75) is 4.34 Å². The van der Waals surface area contributed by atoms with Crippen LogP contribution in [0.25, 0.3) is 10.2 Å². The number of hydrogen-bond donors (Lipinski definition) is 2. The van der Waals surface area contributed by atoms with Crippen molar-refractivity contribution >= 4 is 53.2 Å². The number of aromatic nitrogens is 1. The molecular weight excluding hydrogens is 304 g/mol. The van der Waals surface area contributed by atoms with E-state index in [9.17, 15) is 0 Å². The zero-order chi connectivity index (χ0) is 12.6. The molecule has 0 bridgehead atoms. The van der Waals surface area contributed by atoms with E-state index in [-0.39, 0.29) is 0 Å². The largest absolute Gasteiger partial charge is 0.379 e. The first-order valence-electron chi connectivity index (χ1n) is 5.64. The van der Waals surface area contributed by atoms with Crippen LogP contribution in [0.1, 0.15) is 0 Å². The number of morpholine rings is 1. The molecule has 1 saturated heterocycles. The number of ether oxygens (including phenoxy) is 1. The summed E-state index contributed by atoms with van der Waals surface area (Å²) in [6.45, 7) is 3.25. The summed E-state index contributed by atoms with van der Waals surface area (Å²) < 4.78 is 9.86. The van der Waals surface area contributed by atoms with Crippen molar-refractivity contribution in [1.82, 2.24) is 9.29 Å². The van der Waals surface area contributed by atoms with Crippen LogP contribution < -0.4 is 0 Å². The van der Waals surface area contributed by atoms with Gasteiger partial charge in [0.05, 0.1) is 23.4 Å². The minimum absolute atomic E-state index is 0.751. The number of thiazole rings is 1. The molecule has 7 heteroatoms. The average molecular weight is 319 g/mol. The lowest BCUT2D eigenvalue weighted by Crippen LogP contribution is -2.35. The van der Waals surface area contributed by atoms with Crippen LogP contribution in [0.4, 0.5) is 0 Å². The molecule has 0 N–H and O–H groups in total. The van der Waals surface area contributed by atoms with Crippen LogP contribution in [0, 0.1) is 0 Å². The fourth-order valence-electron chi connectivity index (χ4n) is 1.88. The number of benzene rings is 1. The number of fused-ring (bicyclic) bond motifs is 1. The van der Waals surface area contributed by atoms with E-state index < -0.39 is 8.28 Å². The van der Waals surface area contributed by atoms with Gasteiger partial charge in [0.1, 0.15) is 0 Å². The van der Waals surface area contributed by atoms with Crippen LogP contribution in [0.15, 0.2) is 28.6 Å². The molecule has 0 atom stereocenters. The van der Waals surface area contributed by atoms with Crippen LogP contribution in [-0.4, -0.2) is 35.6 Å². The first-order valence-corrected chi connectivity index (χ1v) is 10.2. The molecular formula is C11H14N2OS4. The molecule has 1 aliphatic heterocycles. The molecule has 2 aromatic rings. The second kappa shape index (κ2) is 5.22. The third kappa shape index (κ3) is 2.39. The van der Waals surface area contributed by atoms with Gasteiger partial charge in [0, 0.05) is 13.1 Å². The summed E-state index contributed by atoms with van der Waals surface area (Å²) in [5, 5.41) is 0. The number of rotatable bonds is 2. The van der Waals surface area contributed by atoms with Gasteiger partial charge in [-0.2, -0.15) is 0 Å². The van der Waals surface area contributed by atoms with Gasteiger partial charge < -0.3 is 4.74 Å². The maximum atomic E-state index is 5.38. The second-order valence-electron chi connectivity index (χ2n) is 4.01. The molecule has 1 aromatic heterocycles. The zero-order valence-electron chi connectivity index (χ0n) is 9.65. The molecule has 1 fully saturated rings. The van der Waals surface area contributed by atoms with Crippen molar-refractivity contribution in [2.75, 3.05) is 26.3 Å². The highest BCUT2D eigenvalue weighted by Gasteiger charge is 2.30. The molecule has 18 heavy (non-hydrogen) atoms. The molecule has 1 aromatic carbocycles. The normalized spacial score (nSPS) is 19.2. The predicted molar refractivity (Wildman–Crippen MR) is 85.8 cm³/mol. The Bertz CT molecular complexity index is 518. The summed E-state index contributed by atoms with van der Waals surface area (Å²) in [5.74, 6) is 0. The van der Waals surface area contributed by atoms with Crippen molar-refractivity contribution in [3.63, 3.8) is 0 Å². The Morgan fingerprint density at radius 3 is 2.67 bits per heavy atom. The van der Waals surface area contributed by atoms with E-state index in [0.717, 1.165) is 36.2 Å². The molecule has 3 rings (SSSR count). The van der Waals surface area contributed by atoms with E-state index in [1.165, 1.54) is 4.70 Å². The Hall–Kier alpha value is 0.0800. The summed E-state index contributed by atoms with van der Waals surface area (Å²) in [7, 11) is -1.57. The van der Waals surface area contributed by atoms with Gasteiger partial charge in [-0.15, -0.1) is 34.7 Å². The average Bonchev–Trinajstić information content (AvgIpc) is 2.84. The van der Waals surface area contributed by atoms with Gasteiger partial charge in [-0.1, -0.05) is 12.1 Å². The molecule has 2 heterocycles. The Labute approximate surface area is 122 Å². The molecule has 0 saturated carbocycles. The summed E-state index contributed by atoms with van der Waals surface area (Å²) in [4.78, 5) is 4.68. The summed E-state index contributed by atoms with van der Waals surface area (Å²) in [5.41, 5.74) is 1.03. The highest BCUT2D eigenvalue weighted by atomic mass is 33.5. The van der Waals surface area contributed by atoms with Crippen LogP contribution in [0.3, 0.4) is 0 Å². The van der Waals surface area contributed by atoms with E-state index >= 15 is 0 Å². The monoisotopic (exact) mass is 318 g/mol. The standard InChI is InChI=1S/C11H14N2OS4/c15-18(16,13-5-7-14-8-6-13)11-12-9-3-1-2-4-10(9)17-11/h1-4,15-16H,5-8H2. The van der Waals surface area contributed by atoms with Crippen LogP contribution in [0.2, 0.25) is 0 Å². The lowest BCUT2D eigenvalue weighted by molar-refractivity contribution is 0.0768. The van der Waals surface area contributed by atoms with Crippen molar-refractivity contribution < 1.29 is 4.74 Å². The van der Waals surface area contributed by atoms with Crippen LogP contribution >= 0.6 is 42.9 Å². The van der Waals surface area contributed by atoms with Gasteiger partial charge in [-0.3, -0.25) is 0 Å². The van der Waals surface area contributed by atoms with Crippen molar-refractivity contribution in [2.24, 2.45) is 0 Å². The Kier molecular flexibility index (Phi) is 3.80. The van der Waals surface area contributed by atoms with Gasteiger partial charge in [-0.25, -0.2) is 9.29 Å². The van der Waals surface area contributed by atoms with E-state index in [2.05, 4.69) is 15.4 Å². The molecule has 98 valence electrons. The summed E-state index contributed by atoms with van der Waals surface area (Å²) in [6, 6.07) is 8.17. The molecule has 0 spiro atoms. The number of para-hydroxylation sites is 1. The van der Waals surface area contributed by atoms with Gasteiger partial charge in [0.25, 0.3) is 0 Å². The molecule has 0 unspecified atom stereocenters. The predicted octanol–water partition coefficient (Wildman–Crippen LogP) is 3.40. The highest BCUT2D eigenvalue weighted by Crippen LogP contribution is 2.67. The van der Waals surface area contributed by atoms with E-state index in [1.54, 1.807) is 11.3 Å². The van der Waals surface area contributed by atoms with E-state index in [1.807, 2.05) is 18.2 Å².